The van der Waals surface area contributed by atoms with Crippen LogP contribution in [0.25, 0.3) is 33.1 Å². The number of aromatic amines is 1. The van der Waals surface area contributed by atoms with Crippen molar-refractivity contribution in [1.82, 2.24) is 30.0 Å². The summed E-state index contributed by atoms with van der Waals surface area (Å²) in [7, 11) is 2.06. The van der Waals surface area contributed by atoms with Crippen LogP contribution in [0.15, 0.2) is 18.5 Å². The average molecular weight is 626 g/mol. The van der Waals surface area contributed by atoms with Gasteiger partial charge in [0, 0.05) is 30.7 Å². The summed E-state index contributed by atoms with van der Waals surface area (Å²) < 4.78 is 27.8. The number of hydrogen-bond donors (Lipinski definition) is 2. The van der Waals surface area contributed by atoms with Crippen LogP contribution in [0.5, 0.6) is 11.8 Å². The molecule has 3 aliphatic rings. The van der Waals surface area contributed by atoms with E-state index < -0.39 is 12.0 Å². The van der Waals surface area contributed by atoms with Crippen LogP contribution < -0.4 is 14.4 Å². The standard InChI is InChI=1S/C29H31ClFN7O4.C2H6/c1-37-9-2-5-16(37)14-41-27-34-23-18(26(35-27)38-10-4-8-29(15-38)6-3-7-29)12-32-24(22(23)31)21-17-13-33-36-20(17)11-19(30)25(21)42-28(39)40;1-2/h11-13,16H,2-10,14-15H2,1H3,(H,33,36)(H,39,40);1-2H3. The van der Waals surface area contributed by atoms with Crippen molar-refractivity contribution in [1.29, 1.82) is 0 Å². The Morgan fingerprint density at radius 1 is 1.16 bits per heavy atom. The number of rotatable bonds is 6. The number of nitrogens with zero attached hydrogens (tertiary/aromatic N) is 6. The molecular weight excluding hydrogens is 589 g/mol. The third-order valence-corrected chi connectivity index (χ3v) is 9.46. The molecule has 1 spiro atoms. The predicted molar refractivity (Wildman–Crippen MR) is 166 cm³/mol. The molecule has 1 aliphatic carbocycles. The number of ether oxygens (including phenoxy) is 2. The molecular formula is C31H37ClFN7O4. The third kappa shape index (κ3) is 5.49. The average Bonchev–Trinajstić information content (AvgIpc) is 3.65. The van der Waals surface area contributed by atoms with Crippen molar-refractivity contribution in [2.24, 2.45) is 5.41 Å². The molecule has 3 fully saturated rings. The highest BCUT2D eigenvalue weighted by Gasteiger charge is 2.41. The van der Waals surface area contributed by atoms with Crippen LogP contribution in [0.2, 0.25) is 5.02 Å². The Hall–Kier alpha value is -3.77. The topological polar surface area (TPSA) is 130 Å². The predicted octanol–water partition coefficient (Wildman–Crippen LogP) is 6.69. The van der Waals surface area contributed by atoms with Gasteiger partial charge in [0.1, 0.15) is 23.6 Å². The molecule has 2 N–H and O–H groups in total. The van der Waals surface area contributed by atoms with Gasteiger partial charge >= 0.3 is 12.2 Å². The van der Waals surface area contributed by atoms with E-state index in [1.54, 1.807) is 0 Å². The lowest BCUT2D eigenvalue weighted by Gasteiger charge is -2.49. The smallest absolute Gasteiger partial charge is 0.462 e. The zero-order valence-electron chi connectivity index (χ0n) is 25.2. The third-order valence-electron chi connectivity index (χ3n) is 9.17. The molecule has 1 atom stereocenters. The SMILES string of the molecule is CC.CN1CCCC1COc1nc(N2CCCC3(CCC3)C2)c2cnc(-c3c(OC(=O)O)c(Cl)cc4[nH]ncc34)c(F)c2n1. The molecule has 13 heteroatoms. The first-order valence-corrected chi connectivity index (χ1v) is 15.7. The summed E-state index contributed by atoms with van der Waals surface area (Å²) in [6.45, 7) is 7.03. The monoisotopic (exact) mass is 625 g/mol. The van der Waals surface area contributed by atoms with E-state index in [4.69, 9.17) is 26.1 Å². The molecule has 7 rings (SSSR count). The van der Waals surface area contributed by atoms with E-state index in [1.807, 2.05) is 13.8 Å². The number of H-pyrrole nitrogens is 1. The number of hydrogen-bond acceptors (Lipinski definition) is 9. The molecule has 234 valence electrons. The molecule has 2 aliphatic heterocycles. The van der Waals surface area contributed by atoms with Gasteiger partial charge in [-0.05, 0) is 63.6 Å². The second-order valence-electron chi connectivity index (χ2n) is 11.7. The summed E-state index contributed by atoms with van der Waals surface area (Å²) in [5, 5.41) is 17.1. The van der Waals surface area contributed by atoms with Crippen LogP contribution in [0.1, 0.15) is 58.8 Å². The largest absolute Gasteiger partial charge is 0.511 e. The lowest BCUT2D eigenvalue weighted by Crippen LogP contribution is -2.47. The number of likely N-dealkylation sites (tertiary alicyclic amines) is 1. The summed E-state index contributed by atoms with van der Waals surface area (Å²) in [5.74, 6) is -0.392. The Labute approximate surface area is 259 Å². The Balaban J connectivity index is 0.00000168. The van der Waals surface area contributed by atoms with Crippen molar-refractivity contribution in [2.75, 3.05) is 38.2 Å². The number of likely N-dealkylation sites (N-methyl/N-ethyl adjacent to an activating group) is 1. The quantitative estimate of drug-likeness (QED) is 0.177. The fourth-order valence-corrected chi connectivity index (χ4v) is 7.04. The fraction of sp³-hybridized carbons (Fsp3) is 0.516. The highest BCUT2D eigenvalue weighted by molar-refractivity contribution is 6.34. The number of pyridine rings is 1. The van der Waals surface area contributed by atoms with Crippen LogP contribution in [0, 0.1) is 11.2 Å². The minimum Gasteiger partial charge on any atom is -0.462 e. The molecule has 2 saturated heterocycles. The molecule has 0 radical (unpaired) electrons. The Morgan fingerprint density at radius 3 is 2.66 bits per heavy atom. The van der Waals surface area contributed by atoms with E-state index >= 15 is 4.39 Å². The normalized spacial score (nSPS) is 19.6. The molecule has 5 heterocycles. The van der Waals surface area contributed by atoms with Gasteiger partial charge in [-0.15, -0.1) is 0 Å². The maximum absolute atomic E-state index is 16.7. The van der Waals surface area contributed by atoms with Crippen molar-refractivity contribution < 1.29 is 23.8 Å². The highest BCUT2D eigenvalue weighted by Crippen LogP contribution is 2.49. The van der Waals surface area contributed by atoms with E-state index in [-0.39, 0.29) is 45.0 Å². The summed E-state index contributed by atoms with van der Waals surface area (Å²) in [5.41, 5.74) is 0.681. The lowest BCUT2D eigenvalue weighted by molar-refractivity contribution is 0.107. The second-order valence-corrected chi connectivity index (χ2v) is 12.1. The fourth-order valence-electron chi connectivity index (χ4n) is 6.80. The first kappa shape index (κ1) is 30.3. The first-order valence-electron chi connectivity index (χ1n) is 15.3. The zero-order chi connectivity index (χ0) is 31.0. The number of benzene rings is 1. The number of aromatic nitrogens is 5. The molecule has 11 nitrogen and oxygen atoms in total. The Kier molecular flexibility index (Phi) is 8.47. The number of fused-ring (bicyclic) bond motifs is 2. The molecule has 1 aromatic carbocycles. The number of anilines is 1. The van der Waals surface area contributed by atoms with Gasteiger partial charge in [-0.1, -0.05) is 31.9 Å². The van der Waals surface area contributed by atoms with Crippen LogP contribution in [0.3, 0.4) is 0 Å². The minimum absolute atomic E-state index is 0.0300. The maximum atomic E-state index is 16.7. The van der Waals surface area contributed by atoms with E-state index in [0.29, 0.717) is 28.7 Å². The molecule has 0 bridgehead atoms. The second kappa shape index (κ2) is 12.3. The summed E-state index contributed by atoms with van der Waals surface area (Å²) >= 11 is 6.40. The number of carboxylic acid groups (broad SMARTS) is 1. The van der Waals surface area contributed by atoms with Crippen molar-refractivity contribution >= 4 is 45.4 Å². The molecule has 44 heavy (non-hydrogen) atoms. The zero-order valence-corrected chi connectivity index (χ0v) is 26.0. The van der Waals surface area contributed by atoms with Crippen LogP contribution >= 0.6 is 11.6 Å². The number of carbonyl (C=O) groups is 1. The first-order chi connectivity index (χ1) is 21.3. The molecule has 1 unspecified atom stereocenters. The Bertz CT molecular complexity index is 1700. The molecule has 0 amide bonds. The molecule has 4 aromatic rings. The van der Waals surface area contributed by atoms with Crippen LogP contribution in [-0.2, 0) is 0 Å². The van der Waals surface area contributed by atoms with E-state index in [0.717, 1.165) is 38.9 Å². The number of piperidine rings is 1. The van der Waals surface area contributed by atoms with E-state index in [9.17, 15) is 9.90 Å². The van der Waals surface area contributed by atoms with Crippen molar-refractivity contribution in [3.63, 3.8) is 0 Å². The Morgan fingerprint density at radius 2 is 1.95 bits per heavy atom. The highest BCUT2D eigenvalue weighted by atomic mass is 35.5. The van der Waals surface area contributed by atoms with E-state index in [2.05, 4.69) is 37.0 Å². The maximum Gasteiger partial charge on any atom is 0.511 e. The summed E-state index contributed by atoms with van der Waals surface area (Å²) in [6, 6.07) is 1.81. The van der Waals surface area contributed by atoms with Crippen LogP contribution in [-0.4, -0.2) is 80.6 Å². The van der Waals surface area contributed by atoms with Gasteiger partial charge in [0.25, 0.3) is 0 Å². The van der Waals surface area contributed by atoms with Crippen molar-refractivity contribution in [2.45, 2.75) is 64.8 Å². The van der Waals surface area contributed by atoms with Gasteiger partial charge < -0.3 is 24.4 Å². The summed E-state index contributed by atoms with van der Waals surface area (Å²) in [6.07, 6.45) is 9.31. The van der Waals surface area contributed by atoms with Gasteiger partial charge in [-0.2, -0.15) is 15.1 Å². The minimum atomic E-state index is -1.59. The van der Waals surface area contributed by atoms with Gasteiger partial charge in [-0.25, -0.2) is 9.18 Å². The molecule has 3 aromatic heterocycles. The van der Waals surface area contributed by atoms with Gasteiger partial charge in [0.05, 0.1) is 27.7 Å². The van der Waals surface area contributed by atoms with E-state index in [1.165, 1.54) is 44.1 Å². The molecule has 1 saturated carbocycles. The van der Waals surface area contributed by atoms with Crippen molar-refractivity contribution in [3.8, 4) is 23.0 Å². The lowest BCUT2D eigenvalue weighted by atomic mass is 9.64. The summed E-state index contributed by atoms with van der Waals surface area (Å²) in [4.78, 5) is 29.9. The van der Waals surface area contributed by atoms with Crippen molar-refractivity contribution in [3.05, 3.63) is 29.3 Å². The van der Waals surface area contributed by atoms with Gasteiger partial charge in [-0.3, -0.25) is 10.1 Å². The van der Waals surface area contributed by atoms with Crippen LogP contribution in [0.4, 0.5) is 15.0 Å². The van der Waals surface area contributed by atoms with Gasteiger partial charge in [0.2, 0.25) is 0 Å². The number of nitrogens with one attached hydrogen (secondary N) is 1. The van der Waals surface area contributed by atoms with Gasteiger partial charge in [0.15, 0.2) is 11.6 Å². The number of halogens is 2.